The van der Waals surface area contributed by atoms with Gasteiger partial charge in [-0.1, -0.05) is 18.2 Å². The Hall–Kier alpha value is -1.77. The van der Waals surface area contributed by atoms with E-state index in [1.54, 1.807) is 0 Å². The zero-order valence-corrected chi connectivity index (χ0v) is 10.6. The Kier molecular flexibility index (Phi) is 5.21. The number of hydrogen-bond donors (Lipinski definition) is 0. The van der Waals surface area contributed by atoms with Crippen LogP contribution < -0.4 is 0 Å². The van der Waals surface area contributed by atoms with Crippen LogP contribution in [0.2, 0.25) is 0 Å². The Bertz CT molecular complexity index is 481. The predicted octanol–water partition coefficient (Wildman–Crippen LogP) is 3.48. The highest BCUT2D eigenvalue weighted by Gasteiger charge is 2.58. The van der Waals surface area contributed by atoms with Gasteiger partial charge in [0.1, 0.15) is 0 Å². The van der Waals surface area contributed by atoms with Gasteiger partial charge >= 0.3 is 18.3 Å². The SMILES string of the molecule is COC(=O)c1ccccc1COC(C(F)(F)F)C(F)(F)F. The summed E-state index contributed by atoms with van der Waals surface area (Å²) in [6.45, 7) is -1.03. The summed E-state index contributed by atoms with van der Waals surface area (Å²) in [4.78, 5) is 11.4. The van der Waals surface area contributed by atoms with Crippen molar-refractivity contribution in [2.24, 2.45) is 0 Å². The van der Waals surface area contributed by atoms with Crippen molar-refractivity contribution >= 4 is 5.97 Å². The Morgan fingerprint density at radius 1 is 1.10 bits per heavy atom. The summed E-state index contributed by atoms with van der Waals surface area (Å²) in [7, 11) is 1.04. The highest BCUT2D eigenvalue weighted by atomic mass is 19.4. The molecule has 0 fully saturated rings. The highest BCUT2D eigenvalue weighted by Crippen LogP contribution is 2.36. The van der Waals surface area contributed by atoms with Crippen molar-refractivity contribution in [2.45, 2.75) is 25.1 Å². The van der Waals surface area contributed by atoms with Crippen molar-refractivity contribution < 1.29 is 40.6 Å². The van der Waals surface area contributed by atoms with E-state index in [2.05, 4.69) is 9.47 Å². The molecule has 21 heavy (non-hydrogen) atoms. The zero-order valence-electron chi connectivity index (χ0n) is 10.6. The first kappa shape index (κ1) is 17.3. The largest absolute Gasteiger partial charge is 0.465 e. The third kappa shape index (κ3) is 4.62. The average molecular weight is 316 g/mol. The van der Waals surface area contributed by atoms with E-state index in [1.807, 2.05) is 0 Å². The second kappa shape index (κ2) is 6.33. The zero-order chi connectivity index (χ0) is 16.3. The van der Waals surface area contributed by atoms with Crippen LogP contribution in [0.3, 0.4) is 0 Å². The second-order valence-electron chi connectivity index (χ2n) is 3.92. The molecule has 0 amide bonds. The lowest BCUT2D eigenvalue weighted by atomic mass is 10.1. The van der Waals surface area contributed by atoms with E-state index < -0.39 is 31.0 Å². The van der Waals surface area contributed by atoms with Gasteiger partial charge in [0.05, 0.1) is 19.3 Å². The number of ether oxygens (including phenoxy) is 2. The molecular formula is C12H10F6O3. The molecule has 0 aliphatic carbocycles. The quantitative estimate of drug-likeness (QED) is 0.630. The monoisotopic (exact) mass is 316 g/mol. The minimum Gasteiger partial charge on any atom is -0.465 e. The maximum Gasteiger partial charge on any atom is 0.423 e. The third-order valence-electron chi connectivity index (χ3n) is 2.42. The molecule has 0 atom stereocenters. The molecule has 0 N–H and O–H groups in total. The molecule has 9 heteroatoms. The van der Waals surface area contributed by atoms with E-state index in [9.17, 15) is 31.1 Å². The molecule has 3 nitrogen and oxygen atoms in total. The van der Waals surface area contributed by atoms with Gasteiger partial charge in [-0.05, 0) is 11.6 Å². The molecule has 0 radical (unpaired) electrons. The van der Waals surface area contributed by atoms with Crippen molar-refractivity contribution in [3.05, 3.63) is 35.4 Å². The van der Waals surface area contributed by atoms with Crippen LogP contribution in [0.5, 0.6) is 0 Å². The van der Waals surface area contributed by atoms with Gasteiger partial charge in [0.25, 0.3) is 0 Å². The van der Waals surface area contributed by atoms with E-state index in [0.717, 1.165) is 7.11 Å². The van der Waals surface area contributed by atoms with E-state index in [-0.39, 0.29) is 11.1 Å². The van der Waals surface area contributed by atoms with Crippen LogP contribution >= 0.6 is 0 Å². The third-order valence-corrected chi connectivity index (χ3v) is 2.42. The lowest BCUT2D eigenvalue weighted by molar-refractivity contribution is -0.324. The number of methoxy groups -OCH3 is 1. The summed E-state index contributed by atoms with van der Waals surface area (Å²) in [6.07, 6.45) is -15.1. The summed E-state index contributed by atoms with van der Waals surface area (Å²) >= 11 is 0. The number of carbonyl (C=O) groups is 1. The number of benzene rings is 1. The van der Waals surface area contributed by atoms with Gasteiger partial charge in [0, 0.05) is 0 Å². The number of halogens is 6. The molecule has 0 aliphatic heterocycles. The summed E-state index contributed by atoms with van der Waals surface area (Å²) in [5, 5.41) is 0. The topological polar surface area (TPSA) is 35.5 Å². The number of rotatable bonds is 4. The van der Waals surface area contributed by atoms with Crippen LogP contribution in [0.4, 0.5) is 26.3 Å². The molecular weight excluding hydrogens is 306 g/mol. The minimum atomic E-state index is -5.60. The number of hydrogen-bond acceptors (Lipinski definition) is 3. The first-order valence-electron chi connectivity index (χ1n) is 5.48. The fourth-order valence-electron chi connectivity index (χ4n) is 1.50. The van der Waals surface area contributed by atoms with Gasteiger partial charge in [-0.25, -0.2) is 4.79 Å². The van der Waals surface area contributed by atoms with E-state index in [1.165, 1.54) is 24.3 Å². The summed E-state index contributed by atoms with van der Waals surface area (Å²) in [5.41, 5.74) is -0.300. The smallest absolute Gasteiger partial charge is 0.423 e. The van der Waals surface area contributed by atoms with Gasteiger partial charge in [-0.15, -0.1) is 0 Å². The standard InChI is InChI=1S/C12H10F6O3/c1-20-9(19)8-5-3-2-4-7(8)6-21-10(11(13,14)15)12(16,17)18/h2-5,10H,6H2,1H3. The Morgan fingerprint density at radius 3 is 2.10 bits per heavy atom. The van der Waals surface area contributed by atoms with Gasteiger partial charge in [0.2, 0.25) is 6.10 Å². The van der Waals surface area contributed by atoms with Crippen molar-refractivity contribution in [3.8, 4) is 0 Å². The maximum absolute atomic E-state index is 12.3. The van der Waals surface area contributed by atoms with Gasteiger partial charge < -0.3 is 9.47 Å². The molecule has 0 aromatic heterocycles. The number of carbonyl (C=O) groups excluding carboxylic acids is 1. The average Bonchev–Trinajstić information content (AvgIpc) is 2.35. The highest BCUT2D eigenvalue weighted by molar-refractivity contribution is 5.90. The normalized spacial score (nSPS) is 12.6. The summed E-state index contributed by atoms with van der Waals surface area (Å²) in [5.74, 6) is -0.884. The molecule has 0 aliphatic rings. The Morgan fingerprint density at radius 2 is 1.62 bits per heavy atom. The van der Waals surface area contributed by atoms with Crippen molar-refractivity contribution in [1.82, 2.24) is 0 Å². The molecule has 118 valence electrons. The minimum absolute atomic E-state index is 0.136. The molecule has 0 saturated carbocycles. The van der Waals surface area contributed by atoms with Crippen LogP contribution in [0.25, 0.3) is 0 Å². The molecule has 1 aromatic carbocycles. The maximum atomic E-state index is 12.3. The number of esters is 1. The molecule has 0 heterocycles. The van der Waals surface area contributed by atoms with Crippen molar-refractivity contribution in [3.63, 3.8) is 0 Å². The van der Waals surface area contributed by atoms with E-state index in [4.69, 9.17) is 0 Å². The van der Waals surface area contributed by atoms with E-state index in [0.29, 0.717) is 0 Å². The summed E-state index contributed by atoms with van der Waals surface area (Å²) in [6, 6.07) is 5.12. The summed E-state index contributed by atoms with van der Waals surface area (Å²) < 4.78 is 82.2. The molecule has 0 bridgehead atoms. The van der Waals surface area contributed by atoms with Gasteiger partial charge in [-0.3, -0.25) is 0 Å². The molecule has 1 aromatic rings. The van der Waals surface area contributed by atoms with Crippen LogP contribution in [0.1, 0.15) is 15.9 Å². The molecule has 0 spiro atoms. The van der Waals surface area contributed by atoms with Crippen molar-refractivity contribution in [1.29, 1.82) is 0 Å². The van der Waals surface area contributed by atoms with E-state index >= 15 is 0 Å². The van der Waals surface area contributed by atoms with Crippen LogP contribution in [0.15, 0.2) is 24.3 Å². The predicted molar refractivity (Wildman–Crippen MR) is 58.5 cm³/mol. The Balaban J connectivity index is 2.94. The first-order chi connectivity index (χ1) is 9.57. The van der Waals surface area contributed by atoms with Crippen LogP contribution in [0, 0.1) is 0 Å². The molecule has 0 saturated heterocycles. The van der Waals surface area contributed by atoms with Gasteiger partial charge in [0.15, 0.2) is 0 Å². The van der Waals surface area contributed by atoms with Crippen LogP contribution in [-0.2, 0) is 16.1 Å². The fraction of sp³-hybridized carbons (Fsp3) is 0.417. The first-order valence-corrected chi connectivity index (χ1v) is 5.48. The number of alkyl halides is 6. The molecule has 0 unspecified atom stereocenters. The lowest BCUT2D eigenvalue weighted by Crippen LogP contribution is -2.44. The molecule has 1 rings (SSSR count). The van der Waals surface area contributed by atoms with Crippen molar-refractivity contribution in [2.75, 3.05) is 7.11 Å². The lowest BCUT2D eigenvalue weighted by Gasteiger charge is -2.23. The fourth-order valence-corrected chi connectivity index (χ4v) is 1.50. The second-order valence-corrected chi connectivity index (χ2v) is 3.92. The van der Waals surface area contributed by atoms with Crippen LogP contribution in [-0.4, -0.2) is 31.5 Å². The Labute approximate surface area is 115 Å². The van der Waals surface area contributed by atoms with Gasteiger partial charge in [-0.2, -0.15) is 26.3 Å².